The molecule has 288 valence electrons. The first kappa shape index (κ1) is 45.5. The largest absolute Gasteiger partial charge is 0.394 e. The lowest BCUT2D eigenvalue weighted by Gasteiger charge is -2.46. The SMILES string of the molecule is CCCCCCCC/C=C\CCCCCCCC(=O)N(CCCCCCCCCCCCCC)[C@@H]1O[C@H](CO)[C@@H](O)[C@H](O)[C@H]1NC(=O)CN. The van der Waals surface area contributed by atoms with E-state index >= 15 is 0 Å². The molecule has 1 rings (SSSR count). The van der Waals surface area contributed by atoms with Crippen molar-refractivity contribution in [1.82, 2.24) is 10.2 Å². The molecule has 0 unspecified atom stereocenters. The number of hydrogen-bond acceptors (Lipinski definition) is 7. The Labute approximate surface area is 300 Å². The molecule has 5 atom stereocenters. The predicted molar refractivity (Wildman–Crippen MR) is 201 cm³/mol. The third-order valence-corrected chi connectivity index (χ3v) is 9.95. The van der Waals surface area contributed by atoms with E-state index in [4.69, 9.17) is 10.5 Å². The lowest BCUT2D eigenvalue weighted by atomic mass is 9.94. The van der Waals surface area contributed by atoms with Crippen LogP contribution in [0.5, 0.6) is 0 Å². The van der Waals surface area contributed by atoms with Gasteiger partial charge >= 0.3 is 0 Å². The minimum Gasteiger partial charge on any atom is -0.394 e. The van der Waals surface area contributed by atoms with Crippen molar-refractivity contribution in [3.63, 3.8) is 0 Å². The number of carbonyl (C=O) groups excluding carboxylic acids is 2. The normalized spacial score (nSPS) is 21.0. The first-order chi connectivity index (χ1) is 23.9. The van der Waals surface area contributed by atoms with Crippen LogP contribution in [0, 0.1) is 0 Å². The molecule has 1 heterocycles. The van der Waals surface area contributed by atoms with E-state index in [0.717, 1.165) is 57.8 Å². The van der Waals surface area contributed by atoms with Crippen molar-refractivity contribution in [3.05, 3.63) is 12.2 Å². The third-order valence-electron chi connectivity index (χ3n) is 9.95. The van der Waals surface area contributed by atoms with Crippen LogP contribution in [0.3, 0.4) is 0 Å². The summed E-state index contributed by atoms with van der Waals surface area (Å²) in [6.07, 6.45) is 29.9. The molecule has 0 aromatic heterocycles. The van der Waals surface area contributed by atoms with Crippen molar-refractivity contribution < 1.29 is 29.6 Å². The fraction of sp³-hybridized carbons (Fsp3) is 0.900. The molecule has 9 nitrogen and oxygen atoms in total. The van der Waals surface area contributed by atoms with Gasteiger partial charge in [-0.25, -0.2) is 0 Å². The Morgan fingerprint density at radius 1 is 0.673 bits per heavy atom. The molecule has 0 radical (unpaired) electrons. The molecular formula is C40H77N3O6. The van der Waals surface area contributed by atoms with Gasteiger partial charge in [0, 0.05) is 13.0 Å². The van der Waals surface area contributed by atoms with Crippen LogP contribution in [-0.2, 0) is 14.3 Å². The predicted octanol–water partition coefficient (Wildman–Crippen LogP) is 7.44. The van der Waals surface area contributed by atoms with Gasteiger partial charge in [-0.2, -0.15) is 0 Å². The lowest BCUT2D eigenvalue weighted by molar-refractivity contribution is -0.231. The maximum atomic E-state index is 13.7. The highest BCUT2D eigenvalue weighted by atomic mass is 16.5. The third kappa shape index (κ3) is 21.4. The van der Waals surface area contributed by atoms with Gasteiger partial charge in [-0.3, -0.25) is 9.59 Å². The standard InChI is InChI=1S/C40H77N3O6/c1-3-5-7-9-11-13-15-17-18-19-20-22-24-26-28-30-36(46)43(31-29-27-25-23-21-16-14-12-10-8-6-4-2)40-37(42-35(45)32-41)39(48)38(47)34(33-44)49-40/h17-18,34,37-40,44,47-48H,3-16,19-33,41H2,1-2H3,(H,42,45)/b18-17-/t34-,37-,38-,39-,40-/m1/s1. The summed E-state index contributed by atoms with van der Waals surface area (Å²) in [7, 11) is 0. The van der Waals surface area contributed by atoms with Gasteiger partial charge in [0.15, 0.2) is 6.23 Å². The molecule has 0 saturated carbocycles. The number of rotatable bonds is 32. The molecule has 49 heavy (non-hydrogen) atoms. The van der Waals surface area contributed by atoms with Crippen molar-refractivity contribution in [2.45, 2.75) is 211 Å². The highest BCUT2D eigenvalue weighted by Gasteiger charge is 2.48. The number of aliphatic hydroxyl groups is 3. The van der Waals surface area contributed by atoms with Gasteiger partial charge in [-0.15, -0.1) is 0 Å². The van der Waals surface area contributed by atoms with E-state index in [2.05, 4.69) is 31.3 Å². The van der Waals surface area contributed by atoms with Gasteiger partial charge in [-0.1, -0.05) is 148 Å². The van der Waals surface area contributed by atoms with Crippen LogP contribution in [0.1, 0.15) is 181 Å². The Balaban J connectivity index is 2.57. The maximum Gasteiger partial charge on any atom is 0.234 e. The topological polar surface area (TPSA) is 145 Å². The Morgan fingerprint density at radius 2 is 1.12 bits per heavy atom. The van der Waals surface area contributed by atoms with Crippen molar-refractivity contribution in [1.29, 1.82) is 0 Å². The Kier molecular flexibility index (Phi) is 29.0. The van der Waals surface area contributed by atoms with E-state index in [1.165, 1.54) is 103 Å². The van der Waals surface area contributed by atoms with E-state index in [1.807, 2.05) is 0 Å². The number of hydrogen-bond donors (Lipinski definition) is 5. The molecule has 1 aliphatic heterocycles. The Morgan fingerprint density at radius 3 is 1.59 bits per heavy atom. The van der Waals surface area contributed by atoms with Gasteiger partial charge in [0.2, 0.25) is 11.8 Å². The van der Waals surface area contributed by atoms with Gasteiger partial charge in [-0.05, 0) is 38.5 Å². The number of unbranched alkanes of at least 4 members (excludes halogenated alkanes) is 22. The highest BCUT2D eigenvalue weighted by Crippen LogP contribution is 2.26. The number of nitrogens with zero attached hydrogens (tertiary/aromatic N) is 1. The van der Waals surface area contributed by atoms with Gasteiger partial charge in [0.25, 0.3) is 0 Å². The van der Waals surface area contributed by atoms with Crippen LogP contribution in [0.4, 0.5) is 0 Å². The molecular weight excluding hydrogens is 618 g/mol. The van der Waals surface area contributed by atoms with Crippen LogP contribution in [-0.4, -0.2) is 82.3 Å². The van der Waals surface area contributed by atoms with Crippen LogP contribution in [0.25, 0.3) is 0 Å². The summed E-state index contributed by atoms with van der Waals surface area (Å²) in [5.74, 6) is -0.611. The van der Waals surface area contributed by atoms with Crippen molar-refractivity contribution >= 4 is 11.8 Å². The summed E-state index contributed by atoms with van der Waals surface area (Å²) in [5, 5.41) is 34.0. The second-order valence-corrected chi connectivity index (χ2v) is 14.3. The minimum absolute atomic E-state index is 0.0991. The van der Waals surface area contributed by atoms with Crippen LogP contribution >= 0.6 is 0 Å². The molecule has 0 spiro atoms. The molecule has 1 fully saturated rings. The van der Waals surface area contributed by atoms with Gasteiger partial charge < -0.3 is 36.0 Å². The quantitative estimate of drug-likeness (QED) is 0.0363. The van der Waals surface area contributed by atoms with E-state index in [9.17, 15) is 24.9 Å². The number of nitrogens with one attached hydrogen (secondary N) is 1. The zero-order chi connectivity index (χ0) is 36.0. The second kappa shape index (κ2) is 31.2. The molecule has 1 aliphatic rings. The summed E-state index contributed by atoms with van der Waals surface area (Å²) in [4.78, 5) is 27.6. The summed E-state index contributed by atoms with van der Waals surface area (Å²) >= 11 is 0. The molecule has 6 N–H and O–H groups in total. The number of ether oxygens (including phenoxy) is 1. The van der Waals surface area contributed by atoms with Crippen LogP contribution < -0.4 is 11.1 Å². The van der Waals surface area contributed by atoms with E-state index in [-0.39, 0.29) is 12.5 Å². The molecule has 0 aromatic rings. The van der Waals surface area contributed by atoms with Crippen molar-refractivity contribution in [3.8, 4) is 0 Å². The Bertz CT molecular complexity index is 828. The summed E-state index contributed by atoms with van der Waals surface area (Å²) in [6, 6.07) is -1.05. The average molecular weight is 696 g/mol. The fourth-order valence-electron chi connectivity index (χ4n) is 6.77. The first-order valence-corrected chi connectivity index (χ1v) is 20.5. The van der Waals surface area contributed by atoms with Gasteiger partial charge in [0.1, 0.15) is 24.4 Å². The minimum atomic E-state index is -1.41. The highest BCUT2D eigenvalue weighted by molar-refractivity contribution is 5.79. The maximum absolute atomic E-state index is 13.7. The summed E-state index contributed by atoms with van der Waals surface area (Å²) < 4.78 is 6.03. The number of allylic oxidation sites excluding steroid dienone is 2. The molecule has 1 saturated heterocycles. The summed E-state index contributed by atoms with van der Waals surface area (Å²) in [6.45, 7) is 4.11. The first-order valence-electron chi connectivity index (χ1n) is 20.5. The number of aliphatic hydroxyl groups excluding tert-OH is 3. The number of carbonyl (C=O) groups is 2. The van der Waals surface area contributed by atoms with Crippen LogP contribution in [0.2, 0.25) is 0 Å². The molecule has 0 aliphatic carbocycles. The fourth-order valence-corrected chi connectivity index (χ4v) is 6.77. The number of nitrogens with two attached hydrogens (primary N) is 1. The Hall–Kier alpha value is -1.52. The smallest absolute Gasteiger partial charge is 0.234 e. The zero-order valence-electron chi connectivity index (χ0n) is 31.6. The zero-order valence-corrected chi connectivity index (χ0v) is 31.6. The number of amides is 2. The van der Waals surface area contributed by atoms with E-state index < -0.39 is 43.1 Å². The lowest BCUT2D eigenvalue weighted by Crippen LogP contribution is -2.69. The van der Waals surface area contributed by atoms with Crippen molar-refractivity contribution in [2.24, 2.45) is 5.73 Å². The second-order valence-electron chi connectivity index (χ2n) is 14.3. The van der Waals surface area contributed by atoms with Crippen LogP contribution in [0.15, 0.2) is 12.2 Å². The van der Waals surface area contributed by atoms with E-state index in [1.54, 1.807) is 4.90 Å². The molecule has 2 amide bonds. The average Bonchev–Trinajstić information content (AvgIpc) is 3.10. The molecule has 9 heteroatoms. The monoisotopic (exact) mass is 696 g/mol. The van der Waals surface area contributed by atoms with E-state index in [0.29, 0.717) is 13.0 Å². The van der Waals surface area contributed by atoms with Crippen molar-refractivity contribution in [2.75, 3.05) is 19.7 Å². The van der Waals surface area contributed by atoms with Gasteiger partial charge in [0.05, 0.1) is 13.2 Å². The molecule has 0 aromatic carbocycles. The summed E-state index contributed by atoms with van der Waals surface area (Å²) in [5.41, 5.74) is 5.54. The molecule has 0 bridgehead atoms.